The highest BCUT2D eigenvalue weighted by atomic mass is 16.5. The first kappa shape index (κ1) is 23.7. The van der Waals surface area contributed by atoms with Gasteiger partial charge in [-0.15, -0.1) is 0 Å². The molecule has 11 heteroatoms. The van der Waals surface area contributed by atoms with Crippen molar-refractivity contribution in [3.63, 3.8) is 0 Å². The van der Waals surface area contributed by atoms with E-state index >= 15 is 0 Å². The summed E-state index contributed by atoms with van der Waals surface area (Å²) in [6.45, 7) is 2.00. The number of fused-ring (bicyclic) bond motifs is 4. The van der Waals surface area contributed by atoms with Gasteiger partial charge in [-0.3, -0.25) is 5.43 Å². The number of anilines is 2. The third-order valence-electron chi connectivity index (χ3n) is 7.62. The van der Waals surface area contributed by atoms with Crippen molar-refractivity contribution < 1.29 is 14.2 Å². The van der Waals surface area contributed by atoms with Crippen LogP contribution in [0.4, 0.5) is 11.5 Å². The summed E-state index contributed by atoms with van der Waals surface area (Å²) in [4.78, 5) is 17.7. The summed E-state index contributed by atoms with van der Waals surface area (Å²) >= 11 is 0. The van der Waals surface area contributed by atoms with Crippen molar-refractivity contribution in [2.24, 2.45) is 9.98 Å². The molecule has 0 amide bonds. The van der Waals surface area contributed by atoms with E-state index in [-0.39, 0.29) is 12.3 Å². The second-order valence-electron chi connectivity index (χ2n) is 10.3. The van der Waals surface area contributed by atoms with Crippen LogP contribution in [0.5, 0.6) is 17.2 Å². The molecule has 2 bridgehead atoms. The van der Waals surface area contributed by atoms with Gasteiger partial charge in [0.05, 0.1) is 12.6 Å². The van der Waals surface area contributed by atoms with Crippen LogP contribution in [-0.4, -0.2) is 59.1 Å². The molecule has 11 nitrogen and oxygen atoms in total. The molecule has 5 heterocycles. The van der Waals surface area contributed by atoms with Crippen molar-refractivity contribution in [2.75, 3.05) is 12.4 Å². The Kier molecular flexibility index (Phi) is 5.92. The maximum atomic E-state index is 6.51. The largest absolute Gasteiger partial charge is 0.493 e. The smallest absolute Gasteiger partial charge is 0.220 e. The lowest BCUT2D eigenvalue weighted by atomic mass is 10.0. The van der Waals surface area contributed by atoms with E-state index in [1.54, 1.807) is 31.1 Å². The Bertz CT molecular complexity index is 1490. The van der Waals surface area contributed by atoms with Gasteiger partial charge in [0.15, 0.2) is 17.7 Å². The minimum atomic E-state index is -0.151. The lowest BCUT2D eigenvalue weighted by Gasteiger charge is -2.30. The molecule has 3 aromatic rings. The first-order chi connectivity index (χ1) is 19.1. The summed E-state index contributed by atoms with van der Waals surface area (Å²) in [7, 11) is 1.66. The van der Waals surface area contributed by atoms with Gasteiger partial charge in [0.1, 0.15) is 36.7 Å². The van der Waals surface area contributed by atoms with E-state index in [9.17, 15) is 0 Å². The van der Waals surface area contributed by atoms with Gasteiger partial charge in [0, 0.05) is 35.3 Å². The molecular weight excluding hydrogens is 496 g/mol. The number of ether oxygens (including phenoxy) is 3. The van der Waals surface area contributed by atoms with Crippen molar-refractivity contribution in [2.45, 2.75) is 57.0 Å². The second kappa shape index (κ2) is 9.73. The first-order valence-electron chi connectivity index (χ1n) is 13.2. The summed E-state index contributed by atoms with van der Waals surface area (Å²) < 4.78 is 18.2. The zero-order chi connectivity index (χ0) is 26.3. The number of methoxy groups -OCH3 is 1. The fraction of sp³-hybridized carbons (Fsp3) is 0.357. The van der Waals surface area contributed by atoms with Crippen LogP contribution in [0.25, 0.3) is 10.9 Å². The van der Waals surface area contributed by atoms with Gasteiger partial charge in [-0.25, -0.2) is 25.0 Å². The minimum absolute atomic E-state index is 0.151. The van der Waals surface area contributed by atoms with E-state index in [0.29, 0.717) is 29.5 Å². The Morgan fingerprint density at radius 1 is 1.03 bits per heavy atom. The molecule has 4 aliphatic rings. The number of hydrogen-bond donors (Lipinski definition) is 3. The summed E-state index contributed by atoms with van der Waals surface area (Å²) in [6.07, 6.45) is 11.2. The third-order valence-corrected chi connectivity index (χ3v) is 7.62. The molecule has 4 atom stereocenters. The van der Waals surface area contributed by atoms with Crippen LogP contribution in [0.2, 0.25) is 0 Å². The predicted molar refractivity (Wildman–Crippen MR) is 149 cm³/mol. The molecule has 2 saturated heterocycles. The Morgan fingerprint density at radius 2 is 1.90 bits per heavy atom. The summed E-state index contributed by atoms with van der Waals surface area (Å²) in [5.41, 5.74) is 5.60. The lowest BCUT2D eigenvalue weighted by Crippen LogP contribution is -2.42. The van der Waals surface area contributed by atoms with Crippen LogP contribution in [0.15, 0.2) is 58.6 Å². The number of hydrogen-bond acceptors (Lipinski definition) is 11. The topological polar surface area (TPSA) is 118 Å². The number of hydrazine groups is 1. The molecule has 2 aromatic carbocycles. The minimum Gasteiger partial charge on any atom is -0.493 e. The number of aryl methyl sites for hydroxylation is 1. The van der Waals surface area contributed by atoms with E-state index in [1.165, 1.54) is 12.8 Å². The molecule has 0 radical (unpaired) electrons. The van der Waals surface area contributed by atoms with E-state index in [2.05, 4.69) is 36.0 Å². The van der Waals surface area contributed by atoms with Crippen molar-refractivity contribution in [3.05, 3.63) is 54.2 Å². The zero-order valence-corrected chi connectivity index (χ0v) is 21.8. The number of piperidine rings is 1. The van der Waals surface area contributed by atoms with Crippen LogP contribution in [-0.2, 0) is 0 Å². The molecule has 4 aliphatic heterocycles. The molecule has 39 heavy (non-hydrogen) atoms. The lowest BCUT2D eigenvalue weighted by molar-refractivity contribution is 0.133. The Balaban J connectivity index is 1.12. The number of nitrogens with one attached hydrogen (secondary N) is 3. The standard InChI is InChI=1S/C28H30N8O3/c1-16-7-17(5-6-23(16)39-27-12-26-30-14-33-36(26)15-32-27)35-28-21-10-25(24(37-2)11-22(21)29-13-31-28)38-20-8-18-3-4-19(9-20)34-18/h5-7,10-15,18-20,26,34H,3-4,8-9H2,1-2H3,(H,30,33)(H,29,31,35)/t18-,19+,20?,26?. The number of rotatable bonds is 7. The van der Waals surface area contributed by atoms with Crippen molar-refractivity contribution in [1.82, 2.24) is 25.7 Å². The number of benzene rings is 2. The highest BCUT2D eigenvalue weighted by Gasteiger charge is 2.35. The van der Waals surface area contributed by atoms with E-state index in [4.69, 9.17) is 14.2 Å². The average molecular weight is 527 g/mol. The highest BCUT2D eigenvalue weighted by molar-refractivity contribution is 5.93. The monoisotopic (exact) mass is 526 g/mol. The molecule has 2 unspecified atom stereocenters. The highest BCUT2D eigenvalue weighted by Crippen LogP contribution is 2.38. The molecule has 2 fully saturated rings. The maximum Gasteiger partial charge on any atom is 0.220 e. The Morgan fingerprint density at radius 3 is 2.72 bits per heavy atom. The van der Waals surface area contributed by atoms with Crippen LogP contribution in [0.1, 0.15) is 31.2 Å². The van der Waals surface area contributed by atoms with E-state index in [0.717, 1.165) is 46.5 Å². The van der Waals surface area contributed by atoms with Crippen LogP contribution in [0, 0.1) is 6.92 Å². The number of nitrogens with zero attached hydrogens (tertiary/aromatic N) is 5. The zero-order valence-electron chi connectivity index (χ0n) is 21.8. The van der Waals surface area contributed by atoms with Crippen LogP contribution < -0.4 is 30.3 Å². The first-order valence-corrected chi connectivity index (χ1v) is 13.2. The molecule has 0 spiro atoms. The van der Waals surface area contributed by atoms with Gasteiger partial charge < -0.3 is 24.8 Å². The fourth-order valence-corrected chi connectivity index (χ4v) is 5.69. The summed E-state index contributed by atoms with van der Waals surface area (Å²) in [6, 6.07) is 10.9. The molecule has 200 valence electrons. The van der Waals surface area contributed by atoms with Crippen LogP contribution >= 0.6 is 0 Å². The molecular formula is C28H30N8O3. The molecule has 1 aromatic heterocycles. The summed E-state index contributed by atoms with van der Waals surface area (Å²) in [5, 5.41) is 9.77. The number of aromatic nitrogens is 2. The normalized spacial score (nSPS) is 24.8. The molecule has 0 aliphatic carbocycles. The molecule has 7 rings (SSSR count). The third kappa shape index (κ3) is 4.69. The Labute approximate surface area is 226 Å². The van der Waals surface area contributed by atoms with E-state index < -0.39 is 0 Å². The van der Waals surface area contributed by atoms with Crippen molar-refractivity contribution in [3.8, 4) is 17.2 Å². The van der Waals surface area contributed by atoms with Gasteiger partial charge in [-0.1, -0.05) is 0 Å². The van der Waals surface area contributed by atoms with Crippen molar-refractivity contribution >= 4 is 35.1 Å². The Hall–Kier alpha value is -4.38. The molecule has 0 saturated carbocycles. The van der Waals surface area contributed by atoms with Crippen molar-refractivity contribution in [1.29, 1.82) is 0 Å². The SMILES string of the molecule is COc1cc2ncnc(Nc3ccc(OC4=CC5N=CNN5C=N4)c(C)c3)c2cc1OC1C[C@H]2CC[C@@H](C1)N2. The van der Waals surface area contributed by atoms with Gasteiger partial charge in [-0.05, 0) is 62.4 Å². The van der Waals surface area contributed by atoms with Gasteiger partial charge in [0.25, 0.3) is 0 Å². The molecule has 3 N–H and O–H groups in total. The average Bonchev–Trinajstić information content (AvgIpc) is 3.55. The van der Waals surface area contributed by atoms with E-state index in [1.807, 2.05) is 43.3 Å². The summed E-state index contributed by atoms with van der Waals surface area (Å²) in [5.74, 6) is 3.31. The predicted octanol–water partition coefficient (Wildman–Crippen LogP) is 3.79. The second-order valence-corrected chi connectivity index (χ2v) is 10.3. The van der Waals surface area contributed by atoms with Gasteiger partial charge in [-0.2, -0.15) is 0 Å². The number of aliphatic imine (C=N–C) groups is 2. The van der Waals surface area contributed by atoms with Crippen LogP contribution in [0.3, 0.4) is 0 Å². The quantitative estimate of drug-likeness (QED) is 0.423. The van der Waals surface area contributed by atoms with Gasteiger partial charge in [0.2, 0.25) is 5.88 Å². The fourth-order valence-electron chi connectivity index (χ4n) is 5.69. The van der Waals surface area contributed by atoms with Gasteiger partial charge >= 0.3 is 0 Å². The maximum absolute atomic E-state index is 6.51.